The van der Waals surface area contributed by atoms with Crippen LogP contribution >= 0.6 is 0 Å². The van der Waals surface area contributed by atoms with E-state index in [9.17, 15) is 9.59 Å². The van der Waals surface area contributed by atoms with Gasteiger partial charge in [-0.15, -0.1) is 0 Å². The molecule has 2 saturated heterocycles. The van der Waals surface area contributed by atoms with Crippen molar-refractivity contribution in [2.24, 2.45) is 0 Å². The maximum Gasteiger partial charge on any atom is 0.251 e. The standard InChI is InChI=1S/C25H31N3O2/c29-24-8-5-15-28(24)19-20-9-11-23(12-10-20)25(30)26-17-21-6-4-7-22(16-21)18-27-13-2-1-3-14-27/h4,6-7,9-12,16H,1-3,5,8,13-15,17-19H2,(H,26,30). The third kappa shape index (κ3) is 5.48. The average Bonchev–Trinajstić information content (AvgIpc) is 3.18. The van der Waals surface area contributed by atoms with Crippen LogP contribution in [0.25, 0.3) is 0 Å². The van der Waals surface area contributed by atoms with Crippen molar-refractivity contribution in [2.75, 3.05) is 19.6 Å². The maximum absolute atomic E-state index is 12.5. The first-order valence-electron chi connectivity index (χ1n) is 11.1. The van der Waals surface area contributed by atoms with Crippen LogP contribution in [0.5, 0.6) is 0 Å². The summed E-state index contributed by atoms with van der Waals surface area (Å²) in [6.07, 6.45) is 5.53. The van der Waals surface area contributed by atoms with E-state index in [2.05, 4.69) is 34.5 Å². The zero-order valence-corrected chi connectivity index (χ0v) is 17.6. The van der Waals surface area contributed by atoms with Gasteiger partial charge in [-0.2, -0.15) is 0 Å². The average molecular weight is 406 g/mol. The fraction of sp³-hybridized carbons (Fsp3) is 0.440. The van der Waals surface area contributed by atoms with E-state index < -0.39 is 0 Å². The predicted octanol–water partition coefficient (Wildman–Crippen LogP) is 3.72. The van der Waals surface area contributed by atoms with Crippen molar-refractivity contribution >= 4 is 11.8 Å². The van der Waals surface area contributed by atoms with E-state index in [-0.39, 0.29) is 11.8 Å². The molecule has 0 bridgehead atoms. The highest BCUT2D eigenvalue weighted by molar-refractivity contribution is 5.94. The van der Waals surface area contributed by atoms with Crippen molar-refractivity contribution in [2.45, 2.75) is 51.7 Å². The quantitative estimate of drug-likeness (QED) is 0.764. The molecule has 158 valence electrons. The Hall–Kier alpha value is -2.66. The minimum Gasteiger partial charge on any atom is -0.348 e. The molecule has 4 rings (SSSR count). The number of carbonyl (C=O) groups is 2. The Labute approximate surface area is 179 Å². The summed E-state index contributed by atoms with van der Waals surface area (Å²) < 4.78 is 0. The van der Waals surface area contributed by atoms with Gasteiger partial charge in [-0.3, -0.25) is 14.5 Å². The molecule has 0 radical (unpaired) electrons. The minimum atomic E-state index is -0.0692. The lowest BCUT2D eigenvalue weighted by Gasteiger charge is -2.26. The molecular formula is C25H31N3O2. The van der Waals surface area contributed by atoms with Gasteiger partial charge in [-0.05, 0) is 61.2 Å². The fourth-order valence-electron chi connectivity index (χ4n) is 4.35. The third-order valence-corrected chi connectivity index (χ3v) is 6.06. The molecule has 0 atom stereocenters. The van der Waals surface area contributed by atoms with Crippen LogP contribution < -0.4 is 5.32 Å². The smallest absolute Gasteiger partial charge is 0.251 e. The van der Waals surface area contributed by atoms with Gasteiger partial charge in [0.25, 0.3) is 5.91 Å². The number of nitrogens with one attached hydrogen (secondary N) is 1. The van der Waals surface area contributed by atoms with E-state index in [1.807, 2.05) is 29.2 Å². The Balaban J connectivity index is 1.28. The molecule has 5 nitrogen and oxygen atoms in total. The van der Waals surface area contributed by atoms with Crippen LogP contribution in [-0.2, 0) is 24.4 Å². The highest BCUT2D eigenvalue weighted by atomic mass is 16.2. The van der Waals surface area contributed by atoms with Crippen molar-refractivity contribution in [3.8, 4) is 0 Å². The van der Waals surface area contributed by atoms with Crippen LogP contribution in [0.3, 0.4) is 0 Å². The zero-order chi connectivity index (χ0) is 20.8. The van der Waals surface area contributed by atoms with E-state index in [1.54, 1.807) is 0 Å². The number of carbonyl (C=O) groups excluding carboxylic acids is 2. The Morgan fingerprint density at radius 3 is 2.33 bits per heavy atom. The molecule has 2 heterocycles. The Bertz CT molecular complexity index is 872. The summed E-state index contributed by atoms with van der Waals surface area (Å²) in [5.74, 6) is 0.152. The lowest BCUT2D eigenvalue weighted by Crippen LogP contribution is -2.29. The van der Waals surface area contributed by atoms with Crippen molar-refractivity contribution in [3.05, 3.63) is 70.8 Å². The van der Waals surface area contributed by atoms with Gasteiger partial charge in [0.05, 0.1) is 0 Å². The van der Waals surface area contributed by atoms with Gasteiger partial charge in [0, 0.05) is 38.2 Å². The molecule has 1 N–H and O–H groups in total. The van der Waals surface area contributed by atoms with Crippen LogP contribution in [-0.4, -0.2) is 41.2 Å². The minimum absolute atomic E-state index is 0.0692. The van der Waals surface area contributed by atoms with E-state index in [0.29, 0.717) is 25.1 Å². The summed E-state index contributed by atoms with van der Waals surface area (Å²) in [6.45, 7) is 5.34. The van der Waals surface area contributed by atoms with E-state index >= 15 is 0 Å². The molecule has 2 aliphatic heterocycles. The van der Waals surface area contributed by atoms with Crippen LogP contribution in [0, 0.1) is 0 Å². The lowest BCUT2D eigenvalue weighted by atomic mass is 10.1. The number of amides is 2. The SMILES string of the molecule is O=C(NCc1cccc(CN2CCCCC2)c1)c1ccc(CN2CCCC2=O)cc1. The largest absolute Gasteiger partial charge is 0.348 e. The summed E-state index contributed by atoms with van der Waals surface area (Å²) in [5, 5.41) is 3.03. The Morgan fingerprint density at radius 1 is 0.833 bits per heavy atom. The van der Waals surface area contributed by atoms with E-state index in [0.717, 1.165) is 30.6 Å². The van der Waals surface area contributed by atoms with Crippen molar-refractivity contribution in [1.82, 2.24) is 15.1 Å². The van der Waals surface area contributed by atoms with Crippen molar-refractivity contribution in [1.29, 1.82) is 0 Å². The molecule has 2 aromatic rings. The topological polar surface area (TPSA) is 52.7 Å². The summed E-state index contributed by atoms with van der Waals surface area (Å²) >= 11 is 0. The molecule has 5 heteroatoms. The summed E-state index contributed by atoms with van der Waals surface area (Å²) in [4.78, 5) is 28.7. The van der Waals surface area contributed by atoms with Crippen LogP contribution in [0.2, 0.25) is 0 Å². The van der Waals surface area contributed by atoms with Crippen LogP contribution in [0.4, 0.5) is 0 Å². The van der Waals surface area contributed by atoms with Gasteiger partial charge >= 0.3 is 0 Å². The Morgan fingerprint density at radius 2 is 1.60 bits per heavy atom. The van der Waals surface area contributed by atoms with Crippen LogP contribution in [0.1, 0.15) is 59.2 Å². The molecule has 0 spiro atoms. The highest BCUT2D eigenvalue weighted by Crippen LogP contribution is 2.16. The number of piperidine rings is 1. The zero-order valence-electron chi connectivity index (χ0n) is 17.6. The molecule has 2 aliphatic rings. The molecule has 2 amide bonds. The van der Waals surface area contributed by atoms with Gasteiger partial charge in [-0.25, -0.2) is 0 Å². The lowest BCUT2D eigenvalue weighted by molar-refractivity contribution is -0.128. The molecule has 0 aromatic heterocycles. The van der Waals surface area contributed by atoms with Gasteiger partial charge in [0.2, 0.25) is 5.91 Å². The second-order valence-electron chi connectivity index (χ2n) is 8.46. The van der Waals surface area contributed by atoms with Gasteiger partial charge in [0.1, 0.15) is 0 Å². The first kappa shape index (κ1) is 20.6. The fourth-order valence-corrected chi connectivity index (χ4v) is 4.35. The van der Waals surface area contributed by atoms with Crippen molar-refractivity contribution < 1.29 is 9.59 Å². The maximum atomic E-state index is 12.5. The molecule has 2 aromatic carbocycles. The molecular weight excluding hydrogens is 374 g/mol. The molecule has 0 unspecified atom stereocenters. The number of rotatable bonds is 7. The first-order valence-corrected chi connectivity index (χ1v) is 11.1. The summed E-state index contributed by atoms with van der Waals surface area (Å²) in [6, 6.07) is 16.1. The van der Waals surface area contributed by atoms with Gasteiger partial charge in [-0.1, -0.05) is 42.8 Å². The second-order valence-corrected chi connectivity index (χ2v) is 8.46. The van der Waals surface area contributed by atoms with Gasteiger partial charge in [0.15, 0.2) is 0 Å². The summed E-state index contributed by atoms with van der Waals surface area (Å²) in [5.41, 5.74) is 4.15. The molecule has 2 fully saturated rings. The van der Waals surface area contributed by atoms with Crippen molar-refractivity contribution in [3.63, 3.8) is 0 Å². The van der Waals surface area contributed by atoms with E-state index in [1.165, 1.54) is 37.9 Å². The molecule has 30 heavy (non-hydrogen) atoms. The molecule has 0 saturated carbocycles. The third-order valence-electron chi connectivity index (χ3n) is 6.06. The number of hydrogen-bond donors (Lipinski definition) is 1. The summed E-state index contributed by atoms with van der Waals surface area (Å²) in [7, 11) is 0. The highest BCUT2D eigenvalue weighted by Gasteiger charge is 2.20. The van der Waals surface area contributed by atoms with E-state index in [4.69, 9.17) is 0 Å². The number of benzene rings is 2. The number of nitrogens with zero attached hydrogens (tertiary/aromatic N) is 2. The van der Waals surface area contributed by atoms with Gasteiger partial charge < -0.3 is 10.2 Å². The van der Waals surface area contributed by atoms with Crippen LogP contribution in [0.15, 0.2) is 48.5 Å². The number of likely N-dealkylation sites (tertiary alicyclic amines) is 2. The first-order chi connectivity index (χ1) is 14.7. The monoisotopic (exact) mass is 405 g/mol. The molecule has 0 aliphatic carbocycles. The Kier molecular flexibility index (Phi) is 6.80. The number of hydrogen-bond acceptors (Lipinski definition) is 3. The predicted molar refractivity (Wildman–Crippen MR) is 118 cm³/mol. The normalized spacial score (nSPS) is 17.3. The second kappa shape index (κ2) is 9.90.